The predicted molar refractivity (Wildman–Crippen MR) is 127 cm³/mol. The molecule has 0 fully saturated rings. The molecule has 4 aromatic carbocycles. The fourth-order valence-corrected chi connectivity index (χ4v) is 6.20. The molecule has 1 heteroatoms. The zero-order valence-electron chi connectivity index (χ0n) is 16.3. The van der Waals surface area contributed by atoms with Crippen molar-refractivity contribution < 1.29 is 0 Å². The molecule has 0 aromatic heterocycles. The van der Waals surface area contributed by atoms with E-state index in [0.717, 1.165) is 0 Å². The summed E-state index contributed by atoms with van der Waals surface area (Å²) in [4.78, 5) is 2.85. The molecular formula is C28H22S. The van der Waals surface area contributed by atoms with Crippen molar-refractivity contribution in [3.63, 3.8) is 0 Å². The molecule has 140 valence electrons. The zero-order valence-corrected chi connectivity index (χ0v) is 17.1. The van der Waals surface area contributed by atoms with E-state index in [9.17, 15) is 0 Å². The molecule has 6 rings (SSSR count). The Morgan fingerprint density at radius 3 is 2.62 bits per heavy atom. The van der Waals surface area contributed by atoms with Gasteiger partial charge in [-0.15, -0.1) is 0 Å². The maximum atomic E-state index is 2.41. The van der Waals surface area contributed by atoms with Crippen molar-refractivity contribution in [1.29, 1.82) is 0 Å². The number of thioether (sulfide) groups is 1. The van der Waals surface area contributed by atoms with Crippen molar-refractivity contribution in [1.82, 2.24) is 0 Å². The molecule has 1 aliphatic heterocycles. The molecule has 1 aliphatic carbocycles. The highest BCUT2D eigenvalue weighted by molar-refractivity contribution is 8.03. The van der Waals surface area contributed by atoms with Crippen LogP contribution in [0, 0.1) is 0 Å². The van der Waals surface area contributed by atoms with E-state index >= 15 is 0 Å². The van der Waals surface area contributed by atoms with Gasteiger partial charge >= 0.3 is 0 Å². The van der Waals surface area contributed by atoms with E-state index in [2.05, 4.69) is 91.0 Å². The Bertz CT molecular complexity index is 1310. The number of hydrogen-bond acceptors (Lipinski definition) is 1. The molecule has 1 atom stereocenters. The van der Waals surface area contributed by atoms with Crippen LogP contribution in [0.5, 0.6) is 0 Å². The Morgan fingerprint density at radius 1 is 0.759 bits per heavy atom. The molecule has 0 nitrogen and oxygen atoms in total. The van der Waals surface area contributed by atoms with Gasteiger partial charge in [-0.2, -0.15) is 0 Å². The standard InChI is InChI=1S/C28H22S/c1-3-10-21-19(7-1)15-16-24-22-11-6-12-26(25(22)18-17-23(21)24)28-14-5-9-20-8-2-4-13-27(20)29-28/h1-5,7-10,13-18,26H,6,11-12H2. The minimum atomic E-state index is 0.496. The van der Waals surface area contributed by atoms with Gasteiger partial charge in [-0.25, -0.2) is 0 Å². The zero-order chi connectivity index (χ0) is 19.2. The first-order valence-electron chi connectivity index (χ1n) is 10.5. The lowest BCUT2D eigenvalue weighted by Crippen LogP contribution is -2.11. The Balaban J connectivity index is 1.49. The Labute approximate surface area is 176 Å². The number of rotatable bonds is 1. The number of fused-ring (bicyclic) bond motifs is 6. The average Bonchev–Trinajstić information content (AvgIpc) is 3.00. The van der Waals surface area contributed by atoms with Crippen molar-refractivity contribution >= 4 is 39.4 Å². The fourth-order valence-electron chi connectivity index (χ4n) is 5.01. The van der Waals surface area contributed by atoms with Gasteiger partial charge in [0.05, 0.1) is 0 Å². The third kappa shape index (κ3) is 2.84. The Kier molecular flexibility index (Phi) is 4.09. The second-order valence-electron chi connectivity index (χ2n) is 8.03. The molecule has 0 spiro atoms. The highest BCUT2D eigenvalue weighted by atomic mass is 32.2. The Morgan fingerprint density at radius 2 is 1.62 bits per heavy atom. The van der Waals surface area contributed by atoms with Crippen molar-refractivity contribution in [2.24, 2.45) is 0 Å². The normalized spacial score (nSPS) is 18.2. The van der Waals surface area contributed by atoms with E-state index < -0.39 is 0 Å². The van der Waals surface area contributed by atoms with Crippen LogP contribution in [0.3, 0.4) is 0 Å². The fraction of sp³-hybridized carbons (Fsp3) is 0.143. The topological polar surface area (TPSA) is 0 Å². The largest absolute Gasteiger partial charge is 0.0933 e. The second kappa shape index (κ2) is 6.93. The number of allylic oxidation sites excluding steroid dienone is 3. The van der Waals surface area contributed by atoms with Gasteiger partial charge in [0.25, 0.3) is 0 Å². The van der Waals surface area contributed by atoms with Crippen LogP contribution in [0.2, 0.25) is 0 Å². The minimum Gasteiger partial charge on any atom is -0.0933 e. The van der Waals surface area contributed by atoms with Gasteiger partial charge < -0.3 is 0 Å². The molecule has 0 radical (unpaired) electrons. The van der Waals surface area contributed by atoms with E-state index in [1.54, 1.807) is 5.56 Å². The van der Waals surface area contributed by atoms with Crippen molar-refractivity contribution in [2.75, 3.05) is 0 Å². The van der Waals surface area contributed by atoms with Crippen molar-refractivity contribution in [2.45, 2.75) is 30.1 Å². The summed E-state index contributed by atoms with van der Waals surface area (Å²) in [5, 5.41) is 5.54. The third-order valence-corrected chi connectivity index (χ3v) is 7.64. The van der Waals surface area contributed by atoms with Crippen LogP contribution < -0.4 is 0 Å². The first kappa shape index (κ1) is 17.1. The molecule has 1 unspecified atom stereocenters. The van der Waals surface area contributed by atoms with E-state index in [1.165, 1.54) is 61.7 Å². The summed E-state index contributed by atoms with van der Waals surface area (Å²) in [6.07, 6.45) is 10.5. The highest BCUT2D eigenvalue weighted by Crippen LogP contribution is 2.47. The van der Waals surface area contributed by atoms with Crippen LogP contribution in [0.25, 0.3) is 27.6 Å². The summed E-state index contributed by atoms with van der Waals surface area (Å²) in [6.45, 7) is 0. The molecule has 4 aromatic rings. The van der Waals surface area contributed by atoms with Crippen LogP contribution in [0.1, 0.15) is 35.4 Å². The van der Waals surface area contributed by atoms with Gasteiger partial charge in [0, 0.05) is 10.8 Å². The molecule has 29 heavy (non-hydrogen) atoms. The smallest absolute Gasteiger partial charge is 0.0191 e. The van der Waals surface area contributed by atoms with Crippen molar-refractivity contribution in [3.8, 4) is 0 Å². The van der Waals surface area contributed by atoms with Gasteiger partial charge in [0.2, 0.25) is 0 Å². The lowest BCUT2D eigenvalue weighted by atomic mass is 9.79. The van der Waals surface area contributed by atoms with E-state index in [0.29, 0.717) is 5.92 Å². The Hall–Kier alpha value is -2.77. The number of aryl methyl sites for hydroxylation is 1. The monoisotopic (exact) mass is 390 g/mol. The third-order valence-electron chi connectivity index (χ3n) is 6.40. The summed E-state index contributed by atoms with van der Waals surface area (Å²) in [5.74, 6) is 0.496. The van der Waals surface area contributed by atoms with Crippen LogP contribution >= 0.6 is 11.8 Å². The molecule has 0 amide bonds. The van der Waals surface area contributed by atoms with Crippen LogP contribution in [0.4, 0.5) is 0 Å². The molecule has 1 heterocycles. The van der Waals surface area contributed by atoms with Crippen molar-refractivity contribution in [3.05, 3.63) is 107 Å². The second-order valence-corrected chi connectivity index (χ2v) is 9.14. The molecule has 0 saturated heterocycles. The molecular weight excluding hydrogens is 368 g/mol. The summed E-state index contributed by atoms with van der Waals surface area (Å²) in [5.41, 5.74) is 4.42. The van der Waals surface area contributed by atoms with Crippen LogP contribution in [0.15, 0.2) is 94.7 Å². The quantitative estimate of drug-likeness (QED) is 0.296. The summed E-state index contributed by atoms with van der Waals surface area (Å²) < 4.78 is 0. The van der Waals surface area contributed by atoms with E-state index in [4.69, 9.17) is 0 Å². The van der Waals surface area contributed by atoms with Gasteiger partial charge in [-0.3, -0.25) is 0 Å². The van der Waals surface area contributed by atoms with Gasteiger partial charge in [-0.1, -0.05) is 96.7 Å². The molecule has 0 saturated carbocycles. The lowest BCUT2D eigenvalue weighted by Gasteiger charge is -2.29. The maximum absolute atomic E-state index is 2.41. The highest BCUT2D eigenvalue weighted by Gasteiger charge is 2.26. The molecule has 0 bridgehead atoms. The predicted octanol–water partition coefficient (Wildman–Crippen LogP) is 8.12. The van der Waals surface area contributed by atoms with E-state index in [1.807, 2.05) is 11.8 Å². The number of hydrogen-bond donors (Lipinski definition) is 0. The first-order chi connectivity index (χ1) is 14.4. The lowest BCUT2D eigenvalue weighted by molar-refractivity contribution is 0.627. The summed E-state index contributed by atoms with van der Waals surface area (Å²) in [6, 6.07) is 26.9. The number of benzene rings is 4. The van der Waals surface area contributed by atoms with Gasteiger partial charge in [0.1, 0.15) is 0 Å². The minimum absolute atomic E-state index is 0.496. The maximum Gasteiger partial charge on any atom is 0.0191 e. The van der Waals surface area contributed by atoms with E-state index in [-0.39, 0.29) is 0 Å². The van der Waals surface area contributed by atoms with Crippen LogP contribution in [-0.2, 0) is 6.42 Å². The first-order valence-corrected chi connectivity index (χ1v) is 11.3. The summed E-state index contributed by atoms with van der Waals surface area (Å²) in [7, 11) is 0. The average molecular weight is 391 g/mol. The SMILES string of the molecule is C1=Cc2ccccc2SC(C2CCCc3c2ccc2c3ccc3ccccc32)=C1. The van der Waals surface area contributed by atoms with Crippen LogP contribution in [-0.4, -0.2) is 0 Å². The van der Waals surface area contributed by atoms with Gasteiger partial charge in [0.15, 0.2) is 0 Å². The molecule has 2 aliphatic rings. The van der Waals surface area contributed by atoms with Gasteiger partial charge in [-0.05, 0) is 68.5 Å². The summed E-state index contributed by atoms with van der Waals surface area (Å²) >= 11 is 1.95. The molecule has 0 N–H and O–H groups in total.